The van der Waals surface area contributed by atoms with Crippen LogP contribution in [-0.2, 0) is 6.42 Å². The van der Waals surface area contributed by atoms with E-state index in [1.165, 1.54) is 0 Å². The first-order valence-electron chi connectivity index (χ1n) is 6.91. The Morgan fingerprint density at radius 2 is 1.85 bits per heavy atom. The molecular formula is C17H18N2O. The molecule has 0 amide bonds. The van der Waals surface area contributed by atoms with Crippen molar-refractivity contribution in [2.75, 3.05) is 0 Å². The van der Waals surface area contributed by atoms with E-state index in [-0.39, 0.29) is 11.2 Å². The summed E-state index contributed by atoms with van der Waals surface area (Å²) in [7, 11) is 0. The van der Waals surface area contributed by atoms with Crippen molar-refractivity contribution in [3.63, 3.8) is 0 Å². The van der Waals surface area contributed by atoms with Crippen molar-refractivity contribution >= 4 is 5.78 Å². The molecule has 3 heteroatoms. The molecule has 20 heavy (non-hydrogen) atoms. The summed E-state index contributed by atoms with van der Waals surface area (Å²) in [6, 6.07) is 8.06. The molecule has 0 saturated heterocycles. The minimum Gasteiger partial charge on any atom is -0.294 e. The van der Waals surface area contributed by atoms with Crippen LogP contribution >= 0.6 is 0 Å². The summed E-state index contributed by atoms with van der Waals surface area (Å²) < 4.78 is 0. The van der Waals surface area contributed by atoms with E-state index in [0.717, 1.165) is 23.2 Å². The number of hydrogen-bond acceptors (Lipinski definition) is 3. The van der Waals surface area contributed by atoms with Gasteiger partial charge in [0.2, 0.25) is 0 Å². The highest BCUT2D eigenvalue weighted by Gasteiger charge is 2.32. The van der Waals surface area contributed by atoms with Crippen molar-refractivity contribution in [2.45, 2.75) is 33.6 Å². The summed E-state index contributed by atoms with van der Waals surface area (Å²) in [6.45, 7) is 6.28. The monoisotopic (exact) mass is 266 g/mol. The Morgan fingerprint density at radius 1 is 1.10 bits per heavy atom. The average Bonchev–Trinajstić information content (AvgIpc) is 2.37. The molecule has 0 radical (unpaired) electrons. The molecule has 3 nitrogen and oxygen atoms in total. The highest BCUT2D eigenvalue weighted by atomic mass is 16.1. The molecular weight excluding hydrogens is 248 g/mol. The molecule has 0 spiro atoms. The number of ketones is 1. The number of aryl methyl sites for hydroxylation is 1. The number of Topliss-reactive ketones (excluding diaryl/α,β-unsaturated/α-hetero) is 1. The summed E-state index contributed by atoms with van der Waals surface area (Å²) in [5.74, 6) is 0.875. The first-order chi connectivity index (χ1) is 9.46. The summed E-state index contributed by atoms with van der Waals surface area (Å²) >= 11 is 0. The Morgan fingerprint density at radius 3 is 2.60 bits per heavy atom. The van der Waals surface area contributed by atoms with Gasteiger partial charge in [0, 0.05) is 18.2 Å². The number of benzene rings is 1. The maximum Gasteiger partial charge on any atom is 0.166 e. The SMILES string of the molecule is Cc1ccccc1-c1ncc2c(n1)CC(C)(C)CC2=O. The quantitative estimate of drug-likeness (QED) is 0.792. The lowest BCUT2D eigenvalue weighted by atomic mass is 9.76. The molecule has 0 unspecified atom stereocenters. The molecule has 102 valence electrons. The standard InChI is InChI=1S/C17H18N2O/c1-11-6-4-5-7-12(11)16-18-10-13-14(19-16)8-17(2,3)9-15(13)20/h4-7,10H,8-9H2,1-3H3. The summed E-state index contributed by atoms with van der Waals surface area (Å²) in [4.78, 5) is 21.2. The van der Waals surface area contributed by atoms with Crippen LogP contribution in [0.2, 0.25) is 0 Å². The third-order valence-electron chi connectivity index (χ3n) is 3.84. The van der Waals surface area contributed by atoms with E-state index in [4.69, 9.17) is 0 Å². The normalized spacial score (nSPS) is 16.9. The third kappa shape index (κ3) is 2.24. The lowest BCUT2D eigenvalue weighted by Gasteiger charge is -2.29. The number of fused-ring (bicyclic) bond motifs is 1. The third-order valence-corrected chi connectivity index (χ3v) is 3.84. The fourth-order valence-electron chi connectivity index (χ4n) is 2.78. The average molecular weight is 266 g/mol. The van der Waals surface area contributed by atoms with Crippen LogP contribution in [0.4, 0.5) is 0 Å². The van der Waals surface area contributed by atoms with Crippen LogP contribution in [-0.4, -0.2) is 15.8 Å². The van der Waals surface area contributed by atoms with Crippen LogP contribution in [0.1, 0.15) is 41.9 Å². The predicted octanol–water partition coefficient (Wildman–Crippen LogP) is 3.61. The van der Waals surface area contributed by atoms with Gasteiger partial charge in [-0.2, -0.15) is 0 Å². The first kappa shape index (κ1) is 13.0. The second-order valence-corrected chi connectivity index (χ2v) is 6.31. The Hall–Kier alpha value is -2.03. The summed E-state index contributed by atoms with van der Waals surface area (Å²) in [5.41, 5.74) is 3.75. The largest absolute Gasteiger partial charge is 0.294 e. The molecule has 0 aliphatic heterocycles. The van der Waals surface area contributed by atoms with Gasteiger partial charge in [-0.1, -0.05) is 38.1 Å². The lowest BCUT2D eigenvalue weighted by Crippen LogP contribution is -2.28. The van der Waals surface area contributed by atoms with Crippen LogP contribution < -0.4 is 0 Å². The van der Waals surface area contributed by atoms with Gasteiger partial charge in [-0.15, -0.1) is 0 Å². The Balaban J connectivity index is 2.10. The van der Waals surface area contributed by atoms with Gasteiger partial charge in [0.25, 0.3) is 0 Å². The highest BCUT2D eigenvalue weighted by Crippen LogP contribution is 2.34. The van der Waals surface area contributed by atoms with Gasteiger partial charge in [-0.05, 0) is 24.3 Å². The van der Waals surface area contributed by atoms with Gasteiger partial charge >= 0.3 is 0 Å². The molecule has 0 atom stereocenters. The van der Waals surface area contributed by atoms with E-state index >= 15 is 0 Å². The van der Waals surface area contributed by atoms with Crippen molar-refractivity contribution in [2.24, 2.45) is 5.41 Å². The van der Waals surface area contributed by atoms with Gasteiger partial charge in [-0.3, -0.25) is 4.79 Å². The van der Waals surface area contributed by atoms with E-state index in [2.05, 4.69) is 23.8 Å². The van der Waals surface area contributed by atoms with Gasteiger partial charge in [0.15, 0.2) is 11.6 Å². The van der Waals surface area contributed by atoms with E-state index in [9.17, 15) is 4.79 Å². The van der Waals surface area contributed by atoms with Crippen molar-refractivity contribution in [1.29, 1.82) is 0 Å². The molecule has 1 aromatic carbocycles. The van der Waals surface area contributed by atoms with Gasteiger partial charge < -0.3 is 0 Å². The molecule has 3 rings (SSSR count). The van der Waals surface area contributed by atoms with E-state index in [0.29, 0.717) is 17.8 Å². The van der Waals surface area contributed by atoms with E-state index < -0.39 is 0 Å². The van der Waals surface area contributed by atoms with Crippen molar-refractivity contribution in [3.8, 4) is 11.4 Å². The fourth-order valence-corrected chi connectivity index (χ4v) is 2.78. The topological polar surface area (TPSA) is 42.9 Å². The molecule has 0 fully saturated rings. The zero-order valence-electron chi connectivity index (χ0n) is 12.1. The number of hydrogen-bond donors (Lipinski definition) is 0. The number of rotatable bonds is 1. The highest BCUT2D eigenvalue weighted by molar-refractivity contribution is 5.98. The summed E-state index contributed by atoms with van der Waals surface area (Å²) in [6.07, 6.45) is 3.10. The van der Waals surface area contributed by atoms with Crippen molar-refractivity contribution < 1.29 is 4.79 Å². The Bertz CT molecular complexity index is 689. The first-order valence-corrected chi connectivity index (χ1v) is 6.91. The fraction of sp³-hybridized carbons (Fsp3) is 0.353. The molecule has 2 aromatic rings. The van der Waals surface area contributed by atoms with Gasteiger partial charge in [0.05, 0.1) is 11.3 Å². The van der Waals surface area contributed by atoms with Crippen molar-refractivity contribution in [3.05, 3.63) is 47.3 Å². The van der Waals surface area contributed by atoms with Crippen LogP contribution in [0.3, 0.4) is 0 Å². The number of aromatic nitrogens is 2. The van der Waals surface area contributed by atoms with Crippen LogP contribution in [0.15, 0.2) is 30.5 Å². The zero-order chi connectivity index (χ0) is 14.3. The van der Waals surface area contributed by atoms with Crippen LogP contribution in [0.5, 0.6) is 0 Å². The van der Waals surface area contributed by atoms with Gasteiger partial charge in [-0.25, -0.2) is 9.97 Å². The maximum absolute atomic E-state index is 12.1. The van der Waals surface area contributed by atoms with Gasteiger partial charge in [0.1, 0.15) is 0 Å². The summed E-state index contributed by atoms with van der Waals surface area (Å²) in [5, 5.41) is 0. The molecule has 1 aliphatic carbocycles. The Labute approximate surface area is 119 Å². The molecule has 0 N–H and O–H groups in total. The molecule has 0 bridgehead atoms. The van der Waals surface area contributed by atoms with E-state index in [1.54, 1.807) is 6.20 Å². The molecule has 1 heterocycles. The molecule has 0 saturated carbocycles. The minimum absolute atomic E-state index is 0.0125. The second-order valence-electron chi connectivity index (χ2n) is 6.31. The second kappa shape index (κ2) is 4.51. The zero-order valence-corrected chi connectivity index (χ0v) is 12.1. The van der Waals surface area contributed by atoms with E-state index in [1.807, 2.05) is 31.2 Å². The molecule has 1 aliphatic rings. The number of carbonyl (C=O) groups is 1. The van der Waals surface area contributed by atoms with Crippen molar-refractivity contribution in [1.82, 2.24) is 9.97 Å². The smallest absolute Gasteiger partial charge is 0.166 e. The maximum atomic E-state index is 12.1. The number of nitrogens with zero attached hydrogens (tertiary/aromatic N) is 2. The Kier molecular flexibility index (Phi) is 2.93. The minimum atomic E-state index is -0.0125. The van der Waals surface area contributed by atoms with Crippen LogP contribution in [0.25, 0.3) is 11.4 Å². The lowest BCUT2D eigenvalue weighted by molar-refractivity contribution is 0.0910. The number of carbonyl (C=O) groups excluding carboxylic acids is 1. The van der Waals surface area contributed by atoms with Crippen LogP contribution in [0, 0.1) is 12.3 Å². The predicted molar refractivity (Wildman–Crippen MR) is 78.6 cm³/mol. The molecule has 1 aromatic heterocycles.